The number of hydrogen-bond donors (Lipinski definition) is 2. The van der Waals surface area contributed by atoms with E-state index in [1.165, 1.54) is 6.39 Å². The maximum atomic E-state index is 12.4. The van der Waals surface area contributed by atoms with Gasteiger partial charge in [-0.25, -0.2) is 0 Å². The van der Waals surface area contributed by atoms with Gasteiger partial charge < -0.3 is 9.84 Å². The molecule has 0 aliphatic heterocycles. The van der Waals surface area contributed by atoms with Gasteiger partial charge in [0.2, 0.25) is 12.2 Å². The molecule has 4 rings (SSSR count). The number of amides is 1. The van der Waals surface area contributed by atoms with Gasteiger partial charge in [0.15, 0.2) is 0 Å². The Morgan fingerprint density at radius 1 is 1.09 bits per heavy atom. The van der Waals surface area contributed by atoms with Crippen LogP contribution in [-0.2, 0) is 0 Å². The Kier molecular flexibility index (Phi) is 3.05. The molecule has 0 fully saturated rings. The van der Waals surface area contributed by atoms with E-state index in [0.29, 0.717) is 28.1 Å². The van der Waals surface area contributed by atoms with Crippen LogP contribution in [0, 0.1) is 0 Å². The topological polar surface area (TPSA) is 110 Å². The van der Waals surface area contributed by atoms with Crippen LogP contribution in [-0.4, -0.2) is 31.5 Å². The first kappa shape index (κ1) is 13.1. The maximum Gasteiger partial charge on any atom is 0.258 e. The lowest BCUT2D eigenvalue weighted by molar-refractivity contribution is 0.102. The molecule has 112 valence electrons. The first-order valence-electron chi connectivity index (χ1n) is 6.79. The third kappa shape index (κ3) is 2.42. The Morgan fingerprint density at radius 3 is 2.74 bits per heavy atom. The van der Waals surface area contributed by atoms with Crippen molar-refractivity contribution in [1.29, 1.82) is 0 Å². The highest BCUT2D eigenvalue weighted by molar-refractivity contribution is 6.11. The van der Waals surface area contributed by atoms with Gasteiger partial charge in [-0.05, 0) is 36.4 Å². The molecule has 0 radical (unpaired) electrons. The lowest BCUT2D eigenvalue weighted by atomic mass is 10.1. The molecule has 4 aromatic rings. The van der Waals surface area contributed by atoms with Gasteiger partial charge >= 0.3 is 0 Å². The number of carbonyl (C=O) groups excluding carboxylic acids is 1. The average molecular weight is 306 g/mol. The molecule has 8 nitrogen and oxygen atoms in total. The van der Waals surface area contributed by atoms with E-state index >= 15 is 0 Å². The first-order chi connectivity index (χ1) is 11.3. The molecular formula is C15H10N6O2. The fourth-order valence-corrected chi connectivity index (χ4v) is 2.25. The van der Waals surface area contributed by atoms with Crippen molar-refractivity contribution in [2.45, 2.75) is 0 Å². The summed E-state index contributed by atoms with van der Waals surface area (Å²) in [5, 5.41) is 17.1. The number of nitrogens with one attached hydrogen (secondary N) is 2. The van der Waals surface area contributed by atoms with Crippen molar-refractivity contribution in [1.82, 2.24) is 25.6 Å². The standard InChI is InChI=1S/C15H10N6O2/c22-15(11-2-1-3-12-13(11)19-21-18-12)17-10-6-4-9(5-7-10)14-16-8-23-20-14/h1-8H,(H,17,22)(H,18,19,21). The van der Waals surface area contributed by atoms with Gasteiger partial charge in [0.25, 0.3) is 5.91 Å². The van der Waals surface area contributed by atoms with Crippen LogP contribution >= 0.6 is 0 Å². The van der Waals surface area contributed by atoms with Gasteiger partial charge in [0, 0.05) is 11.3 Å². The summed E-state index contributed by atoms with van der Waals surface area (Å²) in [6, 6.07) is 12.4. The number of benzene rings is 2. The highest BCUT2D eigenvalue weighted by Gasteiger charge is 2.13. The summed E-state index contributed by atoms with van der Waals surface area (Å²) in [5.74, 6) is 0.243. The molecule has 0 atom stereocenters. The van der Waals surface area contributed by atoms with Crippen molar-refractivity contribution >= 4 is 22.6 Å². The van der Waals surface area contributed by atoms with Crippen molar-refractivity contribution in [2.75, 3.05) is 5.32 Å². The minimum absolute atomic E-state index is 0.253. The molecule has 0 spiro atoms. The van der Waals surface area contributed by atoms with Gasteiger partial charge in [-0.3, -0.25) is 4.79 Å². The monoisotopic (exact) mass is 306 g/mol. The second-order valence-electron chi connectivity index (χ2n) is 4.78. The quantitative estimate of drug-likeness (QED) is 0.601. The van der Waals surface area contributed by atoms with Crippen molar-refractivity contribution in [3.05, 3.63) is 54.4 Å². The van der Waals surface area contributed by atoms with Crippen molar-refractivity contribution < 1.29 is 9.32 Å². The summed E-state index contributed by atoms with van der Waals surface area (Å²) in [7, 11) is 0. The molecule has 0 saturated heterocycles. The fourth-order valence-electron chi connectivity index (χ4n) is 2.25. The summed E-state index contributed by atoms with van der Waals surface area (Å²) in [4.78, 5) is 16.4. The molecule has 0 saturated carbocycles. The van der Waals surface area contributed by atoms with Crippen LogP contribution in [0.5, 0.6) is 0 Å². The average Bonchev–Trinajstić information content (AvgIpc) is 3.26. The van der Waals surface area contributed by atoms with E-state index < -0.39 is 0 Å². The lowest BCUT2D eigenvalue weighted by Crippen LogP contribution is -2.12. The summed E-state index contributed by atoms with van der Waals surface area (Å²) >= 11 is 0. The smallest absolute Gasteiger partial charge is 0.258 e. The number of aromatic nitrogens is 5. The minimum Gasteiger partial charge on any atom is -0.342 e. The lowest BCUT2D eigenvalue weighted by Gasteiger charge is -2.06. The number of rotatable bonds is 3. The van der Waals surface area contributed by atoms with Crippen LogP contribution in [0.1, 0.15) is 10.4 Å². The Labute approximate surface area is 129 Å². The molecule has 2 aromatic carbocycles. The van der Waals surface area contributed by atoms with Crippen LogP contribution in [0.15, 0.2) is 53.4 Å². The van der Waals surface area contributed by atoms with Crippen LogP contribution < -0.4 is 5.32 Å². The highest BCUT2D eigenvalue weighted by Crippen LogP contribution is 2.19. The number of H-pyrrole nitrogens is 1. The zero-order chi connectivity index (χ0) is 15.6. The molecule has 2 heterocycles. The third-order valence-corrected chi connectivity index (χ3v) is 3.35. The molecule has 0 aliphatic rings. The van der Waals surface area contributed by atoms with E-state index in [2.05, 4.69) is 30.9 Å². The highest BCUT2D eigenvalue weighted by atomic mass is 16.5. The van der Waals surface area contributed by atoms with E-state index in [1.807, 2.05) is 0 Å². The predicted molar refractivity (Wildman–Crippen MR) is 81.6 cm³/mol. The van der Waals surface area contributed by atoms with Crippen molar-refractivity contribution in [2.24, 2.45) is 0 Å². The largest absolute Gasteiger partial charge is 0.342 e. The Bertz CT molecular complexity index is 959. The molecule has 2 aromatic heterocycles. The number of para-hydroxylation sites is 1. The molecule has 23 heavy (non-hydrogen) atoms. The maximum absolute atomic E-state index is 12.4. The molecule has 2 N–H and O–H groups in total. The molecule has 0 bridgehead atoms. The van der Waals surface area contributed by atoms with Gasteiger partial charge in [-0.2, -0.15) is 20.4 Å². The fraction of sp³-hybridized carbons (Fsp3) is 0. The van der Waals surface area contributed by atoms with E-state index in [0.717, 1.165) is 5.56 Å². The number of anilines is 1. The number of hydrogen-bond acceptors (Lipinski definition) is 6. The van der Waals surface area contributed by atoms with Crippen molar-refractivity contribution in [3.8, 4) is 11.4 Å². The first-order valence-corrected chi connectivity index (χ1v) is 6.79. The van der Waals surface area contributed by atoms with Crippen LogP contribution in [0.3, 0.4) is 0 Å². The van der Waals surface area contributed by atoms with E-state index in [9.17, 15) is 4.79 Å². The van der Waals surface area contributed by atoms with Gasteiger partial charge in [-0.15, -0.1) is 0 Å². The van der Waals surface area contributed by atoms with Gasteiger partial charge in [0.05, 0.1) is 5.56 Å². The van der Waals surface area contributed by atoms with Crippen LogP contribution in [0.2, 0.25) is 0 Å². The normalized spacial score (nSPS) is 10.8. The van der Waals surface area contributed by atoms with Gasteiger partial charge in [-0.1, -0.05) is 11.2 Å². The predicted octanol–water partition coefficient (Wildman–Crippen LogP) is 2.26. The Hall–Kier alpha value is -3.55. The Morgan fingerprint density at radius 2 is 1.96 bits per heavy atom. The minimum atomic E-state index is -0.253. The number of carbonyl (C=O) groups is 1. The molecule has 0 aliphatic carbocycles. The molecular weight excluding hydrogens is 296 g/mol. The summed E-state index contributed by atoms with van der Waals surface area (Å²) < 4.78 is 4.71. The number of nitrogens with zero attached hydrogens (tertiary/aromatic N) is 4. The number of aromatic amines is 1. The van der Waals surface area contributed by atoms with E-state index in [-0.39, 0.29) is 5.91 Å². The molecule has 0 unspecified atom stereocenters. The van der Waals surface area contributed by atoms with Crippen molar-refractivity contribution in [3.63, 3.8) is 0 Å². The summed E-state index contributed by atoms with van der Waals surface area (Å²) in [6.45, 7) is 0. The summed E-state index contributed by atoms with van der Waals surface area (Å²) in [6.07, 6.45) is 1.27. The Balaban J connectivity index is 1.58. The molecule has 8 heteroatoms. The zero-order valence-electron chi connectivity index (χ0n) is 11.7. The molecule has 1 amide bonds. The zero-order valence-corrected chi connectivity index (χ0v) is 11.7. The van der Waals surface area contributed by atoms with Gasteiger partial charge in [0.1, 0.15) is 11.0 Å². The second kappa shape index (κ2) is 5.34. The van der Waals surface area contributed by atoms with E-state index in [4.69, 9.17) is 4.52 Å². The van der Waals surface area contributed by atoms with Crippen LogP contribution in [0.4, 0.5) is 5.69 Å². The SMILES string of the molecule is O=C(Nc1ccc(-c2ncon2)cc1)c1cccc2n[nH]nc12. The van der Waals surface area contributed by atoms with Crippen LogP contribution in [0.25, 0.3) is 22.4 Å². The number of fused-ring (bicyclic) bond motifs is 1. The van der Waals surface area contributed by atoms with E-state index in [1.54, 1.807) is 42.5 Å². The summed E-state index contributed by atoms with van der Waals surface area (Å²) in [5.41, 5.74) is 3.09. The third-order valence-electron chi connectivity index (χ3n) is 3.35. The second-order valence-corrected chi connectivity index (χ2v) is 4.78.